The number of carbonyl (C=O) groups excluding carboxylic acids is 1. The Morgan fingerprint density at radius 1 is 1.26 bits per heavy atom. The molecule has 0 spiro atoms. The molecule has 0 aromatic carbocycles. The predicted octanol–water partition coefficient (Wildman–Crippen LogP) is 2.72. The first-order valence-electron chi connectivity index (χ1n) is 7.94. The van der Waals surface area contributed by atoms with Gasteiger partial charge in [-0.2, -0.15) is 0 Å². The number of allylic oxidation sites excluding steroid dienone is 2. The van der Waals surface area contributed by atoms with Gasteiger partial charge in [-0.15, -0.1) is 0 Å². The van der Waals surface area contributed by atoms with Gasteiger partial charge in [-0.1, -0.05) is 25.0 Å². The number of amides is 1. The third-order valence-corrected chi connectivity index (χ3v) is 4.38. The lowest BCUT2D eigenvalue weighted by Gasteiger charge is -2.26. The van der Waals surface area contributed by atoms with E-state index < -0.39 is 0 Å². The minimum absolute atomic E-state index is 0.0241. The average molecular weight is 264 g/mol. The van der Waals surface area contributed by atoms with Gasteiger partial charge in [-0.3, -0.25) is 4.79 Å². The second-order valence-corrected chi connectivity index (χ2v) is 6.02. The van der Waals surface area contributed by atoms with E-state index in [1.165, 1.54) is 38.5 Å². The number of hydrogen-bond donors (Lipinski definition) is 1. The summed E-state index contributed by atoms with van der Waals surface area (Å²) in [5.41, 5.74) is 0. The van der Waals surface area contributed by atoms with Crippen molar-refractivity contribution in [1.29, 1.82) is 0 Å². The van der Waals surface area contributed by atoms with Crippen LogP contribution >= 0.6 is 0 Å². The summed E-state index contributed by atoms with van der Waals surface area (Å²) in [5, 5.41) is 3.44. The molecule has 2 atom stereocenters. The van der Waals surface area contributed by atoms with E-state index >= 15 is 0 Å². The lowest BCUT2D eigenvalue weighted by Crippen LogP contribution is -2.46. The second kappa shape index (κ2) is 7.68. The Kier molecular flexibility index (Phi) is 5.90. The highest BCUT2D eigenvalue weighted by Crippen LogP contribution is 2.17. The molecular formula is C16H28N2O. The smallest absolute Gasteiger partial charge is 0.239 e. The lowest BCUT2D eigenvalue weighted by atomic mass is 9.94. The van der Waals surface area contributed by atoms with E-state index in [-0.39, 0.29) is 6.04 Å². The molecule has 0 bridgehead atoms. The van der Waals surface area contributed by atoms with Crippen LogP contribution in [-0.4, -0.2) is 36.5 Å². The molecule has 0 saturated carbocycles. The van der Waals surface area contributed by atoms with Crippen molar-refractivity contribution in [3.05, 3.63) is 12.2 Å². The molecule has 1 N–H and O–H groups in total. The summed E-state index contributed by atoms with van der Waals surface area (Å²) in [6, 6.07) is -0.0241. The molecule has 2 aliphatic rings. The molecule has 2 unspecified atom stereocenters. The van der Waals surface area contributed by atoms with Gasteiger partial charge in [0.1, 0.15) is 0 Å². The van der Waals surface area contributed by atoms with E-state index in [1.807, 2.05) is 6.92 Å². The van der Waals surface area contributed by atoms with Crippen LogP contribution in [0.4, 0.5) is 0 Å². The number of hydrogen-bond acceptors (Lipinski definition) is 2. The van der Waals surface area contributed by atoms with Gasteiger partial charge in [0.15, 0.2) is 0 Å². The van der Waals surface area contributed by atoms with Gasteiger partial charge < -0.3 is 10.2 Å². The SMILES string of the molecule is CC(NCC1CC=CCC1)C(=O)N1CCCCCC1. The zero-order valence-electron chi connectivity index (χ0n) is 12.2. The molecule has 0 aromatic rings. The Morgan fingerprint density at radius 2 is 2.00 bits per heavy atom. The van der Waals surface area contributed by atoms with Gasteiger partial charge >= 0.3 is 0 Å². The van der Waals surface area contributed by atoms with Gasteiger partial charge in [0, 0.05) is 13.1 Å². The monoisotopic (exact) mass is 264 g/mol. The molecule has 1 saturated heterocycles. The van der Waals surface area contributed by atoms with Crippen molar-refractivity contribution < 1.29 is 4.79 Å². The van der Waals surface area contributed by atoms with E-state index in [2.05, 4.69) is 22.4 Å². The summed E-state index contributed by atoms with van der Waals surface area (Å²) in [5.74, 6) is 1.01. The van der Waals surface area contributed by atoms with Crippen LogP contribution in [0.25, 0.3) is 0 Å². The van der Waals surface area contributed by atoms with Gasteiger partial charge in [-0.25, -0.2) is 0 Å². The van der Waals surface area contributed by atoms with Crippen LogP contribution in [0.1, 0.15) is 51.9 Å². The molecule has 3 nitrogen and oxygen atoms in total. The van der Waals surface area contributed by atoms with Crippen LogP contribution in [0.2, 0.25) is 0 Å². The number of nitrogens with one attached hydrogen (secondary N) is 1. The molecular weight excluding hydrogens is 236 g/mol. The molecule has 19 heavy (non-hydrogen) atoms. The Morgan fingerprint density at radius 3 is 2.63 bits per heavy atom. The summed E-state index contributed by atoms with van der Waals surface area (Å²) in [6.45, 7) is 4.91. The Hall–Kier alpha value is -0.830. The largest absolute Gasteiger partial charge is 0.341 e. The second-order valence-electron chi connectivity index (χ2n) is 6.02. The predicted molar refractivity (Wildman–Crippen MR) is 79.0 cm³/mol. The van der Waals surface area contributed by atoms with Crippen molar-refractivity contribution in [2.75, 3.05) is 19.6 Å². The highest BCUT2D eigenvalue weighted by Gasteiger charge is 2.21. The standard InChI is InChI=1S/C16H28N2O/c1-14(17-13-15-9-5-4-6-10-15)16(19)18-11-7-2-3-8-12-18/h4-5,14-15,17H,2-3,6-13H2,1H3. The van der Waals surface area contributed by atoms with Crippen molar-refractivity contribution in [1.82, 2.24) is 10.2 Å². The molecule has 108 valence electrons. The van der Waals surface area contributed by atoms with E-state index in [4.69, 9.17) is 0 Å². The average Bonchev–Trinajstić information content (AvgIpc) is 2.74. The van der Waals surface area contributed by atoms with Crippen molar-refractivity contribution in [3.8, 4) is 0 Å². The number of nitrogens with zero attached hydrogens (tertiary/aromatic N) is 1. The number of rotatable bonds is 4. The summed E-state index contributed by atoms with van der Waals surface area (Å²) in [4.78, 5) is 14.4. The molecule has 1 amide bonds. The van der Waals surface area contributed by atoms with Gasteiger partial charge in [0.2, 0.25) is 5.91 Å². The molecule has 1 heterocycles. The van der Waals surface area contributed by atoms with Crippen LogP contribution in [0.15, 0.2) is 12.2 Å². The Labute approximate surface area is 117 Å². The van der Waals surface area contributed by atoms with Crippen LogP contribution in [0.3, 0.4) is 0 Å². The first-order valence-corrected chi connectivity index (χ1v) is 7.94. The van der Waals surface area contributed by atoms with E-state index in [0.29, 0.717) is 11.8 Å². The fourth-order valence-corrected chi connectivity index (χ4v) is 3.04. The summed E-state index contributed by atoms with van der Waals surface area (Å²) < 4.78 is 0. The van der Waals surface area contributed by atoms with Gasteiger partial charge in [0.05, 0.1) is 6.04 Å². The van der Waals surface area contributed by atoms with Crippen molar-refractivity contribution >= 4 is 5.91 Å². The van der Waals surface area contributed by atoms with Crippen molar-refractivity contribution in [2.24, 2.45) is 5.92 Å². The van der Waals surface area contributed by atoms with E-state index in [0.717, 1.165) is 26.1 Å². The fraction of sp³-hybridized carbons (Fsp3) is 0.812. The van der Waals surface area contributed by atoms with E-state index in [9.17, 15) is 4.79 Å². The quantitative estimate of drug-likeness (QED) is 0.792. The topological polar surface area (TPSA) is 32.3 Å². The first-order chi connectivity index (χ1) is 9.27. The minimum Gasteiger partial charge on any atom is -0.341 e. The Bertz CT molecular complexity index is 306. The molecule has 1 fully saturated rings. The first kappa shape index (κ1) is 14.6. The molecule has 1 aliphatic carbocycles. The van der Waals surface area contributed by atoms with Crippen LogP contribution in [0.5, 0.6) is 0 Å². The van der Waals surface area contributed by atoms with Crippen LogP contribution in [-0.2, 0) is 4.79 Å². The maximum absolute atomic E-state index is 12.4. The molecule has 0 radical (unpaired) electrons. The molecule has 0 aromatic heterocycles. The normalized spacial score (nSPS) is 25.9. The minimum atomic E-state index is -0.0241. The highest BCUT2D eigenvalue weighted by atomic mass is 16.2. The summed E-state index contributed by atoms with van der Waals surface area (Å²) in [6.07, 6.45) is 13.1. The van der Waals surface area contributed by atoms with E-state index in [1.54, 1.807) is 0 Å². The van der Waals surface area contributed by atoms with Crippen molar-refractivity contribution in [3.63, 3.8) is 0 Å². The van der Waals surface area contributed by atoms with Gasteiger partial charge in [0.25, 0.3) is 0 Å². The van der Waals surface area contributed by atoms with Gasteiger partial charge in [-0.05, 0) is 51.5 Å². The molecule has 3 heteroatoms. The fourth-order valence-electron chi connectivity index (χ4n) is 3.04. The number of likely N-dealkylation sites (tertiary alicyclic amines) is 1. The third kappa shape index (κ3) is 4.64. The lowest BCUT2D eigenvalue weighted by molar-refractivity contribution is -0.133. The Balaban J connectivity index is 1.73. The number of carbonyl (C=O) groups is 1. The summed E-state index contributed by atoms with van der Waals surface area (Å²) >= 11 is 0. The molecule has 2 rings (SSSR count). The van der Waals surface area contributed by atoms with Crippen LogP contribution in [0, 0.1) is 5.92 Å². The summed E-state index contributed by atoms with van der Waals surface area (Å²) in [7, 11) is 0. The molecule has 1 aliphatic heterocycles. The maximum Gasteiger partial charge on any atom is 0.239 e. The van der Waals surface area contributed by atoms with Crippen molar-refractivity contribution in [2.45, 2.75) is 57.9 Å². The highest BCUT2D eigenvalue weighted by molar-refractivity contribution is 5.81. The van der Waals surface area contributed by atoms with Crippen LogP contribution < -0.4 is 5.32 Å². The maximum atomic E-state index is 12.4. The zero-order chi connectivity index (χ0) is 13.5. The third-order valence-electron chi connectivity index (χ3n) is 4.38. The zero-order valence-corrected chi connectivity index (χ0v) is 12.2.